The number of hydrogen-bond acceptors (Lipinski definition) is 7. The molecule has 0 aliphatic carbocycles. The Kier molecular flexibility index (Phi) is 4.90. The van der Waals surface area contributed by atoms with Crippen LogP contribution in [0.1, 0.15) is 18.5 Å². The normalized spacial score (nSPS) is 11.8. The molecule has 7 heteroatoms. The summed E-state index contributed by atoms with van der Waals surface area (Å²) in [5.41, 5.74) is 1.89. The fraction of sp³-hybridized carbons (Fsp3) is 0.235. The van der Waals surface area contributed by atoms with Gasteiger partial charge in [-0.3, -0.25) is 4.98 Å². The molecule has 6 nitrogen and oxygen atoms in total. The molecule has 3 rings (SSSR count). The molecule has 0 saturated heterocycles. The van der Waals surface area contributed by atoms with Gasteiger partial charge in [-0.1, -0.05) is 23.5 Å². The second-order valence-electron chi connectivity index (χ2n) is 5.11. The van der Waals surface area contributed by atoms with Crippen molar-refractivity contribution >= 4 is 16.5 Å². The number of hydrogen-bond donors (Lipinski definition) is 1. The van der Waals surface area contributed by atoms with Gasteiger partial charge in [-0.05, 0) is 36.8 Å². The van der Waals surface area contributed by atoms with Gasteiger partial charge in [0.05, 0.1) is 20.3 Å². The highest BCUT2D eigenvalue weighted by atomic mass is 32.1. The van der Waals surface area contributed by atoms with Crippen LogP contribution in [0.15, 0.2) is 42.6 Å². The van der Waals surface area contributed by atoms with Gasteiger partial charge in [0.25, 0.3) is 0 Å². The summed E-state index contributed by atoms with van der Waals surface area (Å²) in [6.45, 7) is 2.06. The maximum atomic E-state index is 5.35. The lowest BCUT2D eigenvalue weighted by Gasteiger charge is -2.15. The van der Waals surface area contributed by atoms with Gasteiger partial charge in [0.15, 0.2) is 16.5 Å². The molecule has 0 aliphatic rings. The molecular weight excluding hydrogens is 324 g/mol. The van der Waals surface area contributed by atoms with Gasteiger partial charge in [-0.2, -0.15) is 0 Å². The van der Waals surface area contributed by atoms with Crippen LogP contribution in [0.25, 0.3) is 10.7 Å². The highest BCUT2D eigenvalue weighted by Gasteiger charge is 2.13. The van der Waals surface area contributed by atoms with E-state index in [-0.39, 0.29) is 6.04 Å². The average Bonchev–Trinajstić information content (AvgIpc) is 3.10. The summed E-state index contributed by atoms with van der Waals surface area (Å²) < 4.78 is 10.6. The van der Waals surface area contributed by atoms with Crippen LogP contribution in [0.5, 0.6) is 11.5 Å². The van der Waals surface area contributed by atoms with E-state index < -0.39 is 0 Å². The predicted octanol–water partition coefficient (Wildman–Crippen LogP) is 3.79. The minimum atomic E-state index is 0.0503. The lowest BCUT2D eigenvalue weighted by Crippen LogP contribution is -2.06. The van der Waals surface area contributed by atoms with E-state index in [0.29, 0.717) is 11.5 Å². The first-order valence-corrected chi connectivity index (χ1v) is 8.26. The molecule has 0 spiro atoms. The van der Waals surface area contributed by atoms with Crippen LogP contribution in [0.2, 0.25) is 0 Å². The molecule has 1 atom stereocenters. The number of aromatic nitrogens is 3. The number of ether oxygens (including phenoxy) is 2. The molecular formula is C17H18N4O2S. The Balaban J connectivity index is 1.76. The van der Waals surface area contributed by atoms with Crippen molar-refractivity contribution in [2.24, 2.45) is 0 Å². The summed E-state index contributed by atoms with van der Waals surface area (Å²) in [4.78, 5) is 4.29. The smallest absolute Gasteiger partial charge is 0.206 e. The van der Waals surface area contributed by atoms with E-state index in [1.807, 2.05) is 36.4 Å². The third-order valence-corrected chi connectivity index (χ3v) is 4.43. The second-order valence-corrected chi connectivity index (χ2v) is 6.09. The Labute approximate surface area is 144 Å². The maximum absolute atomic E-state index is 5.35. The number of pyridine rings is 1. The van der Waals surface area contributed by atoms with Crippen molar-refractivity contribution in [2.45, 2.75) is 13.0 Å². The summed E-state index contributed by atoms with van der Waals surface area (Å²) in [6.07, 6.45) is 1.75. The van der Waals surface area contributed by atoms with Gasteiger partial charge in [0.2, 0.25) is 5.13 Å². The Bertz CT molecular complexity index is 807. The van der Waals surface area contributed by atoms with E-state index in [0.717, 1.165) is 21.4 Å². The molecule has 124 valence electrons. The molecule has 2 aromatic heterocycles. The Morgan fingerprint density at radius 1 is 1.04 bits per heavy atom. The first kappa shape index (κ1) is 16.2. The molecule has 0 bridgehead atoms. The molecule has 0 amide bonds. The van der Waals surface area contributed by atoms with Crippen molar-refractivity contribution in [2.75, 3.05) is 19.5 Å². The number of benzene rings is 1. The summed E-state index contributed by atoms with van der Waals surface area (Å²) in [6, 6.07) is 11.6. The van der Waals surface area contributed by atoms with Gasteiger partial charge in [-0.25, -0.2) is 0 Å². The molecule has 3 aromatic rings. The van der Waals surface area contributed by atoms with Crippen molar-refractivity contribution in [3.05, 3.63) is 48.2 Å². The lowest BCUT2D eigenvalue weighted by atomic mass is 10.1. The second kappa shape index (κ2) is 7.27. The van der Waals surface area contributed by atoms with Crippen LogP contribution in [0.4, 0.5) is 5.13 Å². The monoisotopic (exact) mass is 342 g/mol. The third-order valence-electron chi connectivity index (χ3n) is 3.56. The first-order valence-electron chi connectivity index (χ1n) is 7.44. The molecule has 0 unspecified atom stereocenters. The highest BCUT2D eigenvalue weighted by molar-refractivity contribution is 7.18. The summed E-state index contributed by atoms with van der Waals surface area (Å²) in [5.74, 6) is 1.41. The quantitative estimate of drug-likeness (QED) is 0.735. The molecule has 0 saturated carbocycles. The van der Waals surface area contributed by atoms with Crippen LogP contribution >= 0.6 is 11.3 Å². The van der Waals surface area contributed by atoms with E-state index in [1.54, 1.807) is 20.4 Å². The van der Waals surface area contributed by atoms with Gasteiger partial charge in [-0.15, -0.1) is 10.2 Å². The Morgan fingerprint density at radius 2 is 1.88 bits per heavy atom. The summed E-state index contributed by atoms with van der Waals surface area (Å²) >= 11 is 1.47. The minimum absolute atomic E-state index is 0.0503. The van der Waals surface area contributed by atoms with E-state index in [1.165, 1.54) is 11.3 Å². The van der Waals surface area contributed by atoms with Gasteiger partial charge in [0, 0.05) is 6.20 Å². The number of anilines is 1. The maximum Gasteiger partial charge on any atom is 0.206 e. The fourth-order valence-corrected chi connectivity index (χ4v) is 3.07. The van der Waals surface area contributed by atoms with Crippen LogP contribution in [-0.4, -0.2) is 29.4 Å². The van der Waals surface area contributed by atoms with Gasteiger partial charge >= 0.3 is 0 Å². The van der Waals surface area contributed by atoms with Crippen LogP contribution in [0, 0.1) is 0 Å². The third kappa shape index (κ3) is 3.46. The highest BCUT2D eigenvalue weighted by Crippen LogP contribution is 2.32. The zero-order chi connectivity index (χ0) is 16.9. The van der Waals surface area contributed by atoms with Crippen molar-refractivity contribution in [1.29, 1.82) is 0 Å². The zero-order valence-electron chi connectivity index (χ0n) is 13.7. The van der Waals surface area contributed by atoms with Crippen molar-refractivity contribution in [3.63, 3.8) is 0 Å². The number of nitrogens with zero attached hydrogens (tertiary/aromatic N) is 3. The molecule has 2 heterocycles. The SMILES string of the molecule is COc1ccc([C@@H](C)Nc2nnc(-c3ccccn3)s2)cc1OC. The van der Waals surface area contributed by atoms with Crippen LogP contribution < -0.4 is 14.8 Å². The largest absolute Gasteiger partial charge is 0.493 e. The van der Waals surface area contributed by atoms with Crippen molar-refractivity contribution in [1.82, 2.24) is 15.2 Å². The fourth-order valence-electron chi connectivity index (χ4n) is 2.27. The van der Waals surface area contributed by atoms with E-state index in [4.69, 9.17) is 9.47 Å². The standard InChI is InChI=1S/C17H18N4O2S/c1-11(12-7-8-14(22-2)15(10-12)23-3)19-17-21-20-16(24-17)13-6-4-5-9-18-13/h4-11H,1-3H3,(H,19,21)/t11-/m1/s1. The minimum Gasteiger partial charge on any atom is -0.493 e. The predicted molar refractivity (Wildman–Crippen MR) is 94.7 cm³/mol. The Hall–Kier alpha value is -2.67. The summed E-state index contributed by atoms with van der Waals surface area (Å²) in [5, 5.41) is 13.3. The molecule has 0 aliphatic heterocycles. The van der Waals surface area contributed by atoms with Crippen LogP contribution in [0.3, 0.4) is 0 Å². The zero-order valence-corrected chi connectivity index (χ0v) is 14.5. The number of rotatable bonds is 6. The molecule has 0 radical (unpaired) electrons. The molecule has 1 aromatic carbocycles. The summed E-state index contributed by atoms with van der Waals surface area (Å²) in [7, 11) is 3.25. The van der Waals surface area contributed by atoms with E-state index in [9.17, 15) is 0 Å². The topological polar surface area (TPSA) is 69.2 Å². The molecule has 0 fully saturated rings. The number of methoxy groups -OCH3 is 2. The van der Waals surface area contributed by atoms with Gasteiger partial charge < -0.3 is 14.8 Å². The van der Waals surface area contributed by atoms with Crippen molar-refractivity contribution in [3.8, 4) is 22.2 Å². The van der Waals surface area contributed by atoms with Crippen LogP contribution in [-0.2, 0) is 0 Å². The van der Waals surface area contributed by atoms with Crippen molar-refractivity contribution < 1.29 is 9.47 Å². The Morgan fingerprint density at radius 3 is 2.58 bits per heavy atom. The van der Waals surface area contributed by atoms with E-state index >= 15 is 0 Å². The van der Waals surface area contributed by atoms with Gasteiger partial charge in [0.1, 0.15) is 5.69 Å². The van der Waals surface area contributed by atoms with E-state index in [2.05, 4.69) is 27.4 Å². The first-order chi connectivity index (χ1) is 11.7. The average molecular weight is 342 g/mol. The molecule has 1 N–H and O–H groups in total. The lowest BCUT2D eigenvalue weighted by molar-refractivity contribution is 0.354. The number of nitrogens with one attached hydrogen (secondary N) is 1. The molecule has 24 heavy (non-hydrogen) atoms.